The molecule has 5 nitrogen and oxygen atoms in total. The Morgan fingerprint density at radius 2 is 1.40 bits per heavy atom. The molecule has 42 heavy (non-hydrogen) atoms. The lowest BCUT2D eigenvalue weighted by Crippen LogP contribution is -2.40. The Bertz CT molecular complexity index is 1830. The first-order valence-corrected chi connectivity index (χ1v) is 13.2. The van der Waals surface area contributed by atoms with Gasteiger partial charge in [0.1, 0.15) is 11.4 Å². The quantitative estimate of drug-likeness (QED) is 0.206. The predicted octanol–water partition coefficient (Wildman–Crippen LogP) is 7.51. The molecule has 1 unspecified atom stereocenters. The number of para-hydroxylation sites is 1. The Balaban J connectivity index is 1.44. The molecule has 0 radical (unpaired) electrons. The third-order valence-electron chi connectivity index (χ3n) is 7.23. The van der Waals surface area contributed by atoms with E-state index in [4.69, 9.17) is 4.74 Å². The van der Waals surface area contributed by atoms with E-state index in [0.717, 1.165) is 34.0 Å². The average molecular weight is 567 g/mol. The number of rotatable bonds is 5. The molecule has 3 N–H and O–H groups in total. The lowest BCUT2D eigenvalue weighted by Gasteiger charge is -2.32. The van der Waals surface area contributed by atoms with Crippen molar-refractivity contribution in [2.75, 3.05) is 0 Å². The van der Waals surface area contributed by atoms with E-state index in [1.54, 1.807) is 18.2 Å². The van der Waals surface area contributed by atoms with Gasteiger partial charge >= 0.3 is 6.18 Å². The second-order valence-electron chi connectivity index (χ2n) is 10.0. The number of aromatic hydroxyl groups is 1. The Morgan fingerprint density at radius 1 is 0.786 bits per heavy atom. The van der Waals surface area contributed by atoms with Crippen LogP contribution in [-0.2, 0) is 21.4 Å². The maximum atomic E-state index is 13.3. The van der Waals surface area contributed by atoms with Gasteiger partial charge in [0.15, 0.2) is 0 Å². The van der Waals surface area contributed by atoms with Crippen LogP contribution in [0.2, 0.25) is 0 Å². The van der Waals surface area contributed by atoms with E-state index < -0.39 is 23.4 Å². The zero-order valence-corrected chi connectivity index (χ0v) is 22.4. The average Bonchev–Trinajstić information content (AvgIpc) is 3.36. The van der Waals surface area contributed by atoms with Crippen molar-refractivity contribution in [1.29, 1.82) is 0 Å². The van der Waals surface area contributed by atoms with Crippen LogP contribution in [0.4, 0.5) is 13.2 Å². The Kier molecular flexibility index (Phi) is 6.61. The highest BCUT2D eigenvalue weighted by Gasteiger charge is 2.46. The summed E-state index contributed by atoms with van der Waals surface area (Å²) in [6, 6.07) is 33.0. The minimum absolute atomic E-state index is 0.0177. The van der Waals surface area contributed by atoms with E-state index >= 15 is 0 Å². The summed E-state index contributed by atoms with van der Waals surface area (Å²) in [5.41, 5.74) is 1.23. The molecule has 1 aliphatic rings. The summed E-state index contributed by atoms with van der Waals surface area (Å²) in [4.78, 5) is 12.2. The number of carbonyl (C=O) groups excluding carboxylic acids is 1. The number of hydrogen-bond acceptors (Lipinski definition) is 4. The number of nitrogens with one attached hydrogen (secondary N) is 2. The van der Waals surface area contributed by atoms with Crippen LogP contribution >= 0.6 is 0 Å². The molecular weight excluding hydrogens is 541 g/mol. The molecule has 5 aromatic carbocycles. The summed E-state index contributed by atoms with van der Waals surface area (Å²) in [6.45, 7) is 1.30. The summed E-state index contributed by atoms with van der Waals surface area (Å²) in [7, 11) is 0. The van der Waals surface area contributed by atoms with E-state index in [0.29, 0.717) is 16.7 Å². The molecule has 1 amide bonds. The van der Waals surface area contributed by atoms with Gasteiger partial charge in [-0.15, -0.1) is 0 Å². The van der Waals surface area contributed by atoms with Crippen molar-refractivity contribution in [2.24, 2.45) is 0 Å². The molecule has 0 saturated carbocycles. The normalized spacial score (nSPS) is 16.7. The second kappa shape index (κ2) is 10.3. The van der Waals surface area contributed by atoms with Crippen molar-refractivity contribution in [3.63, 3.8) is 0 Å². The summed E-state index contributed by atoms with van der Waals surface area (Å²) in [5, 5.41) is 19.1. The zero-order chi connectivity index (χ0) is 29.5. The fourth-order valence-electron chi connectivity index (χ4n) is 5.19. The van der Waals surface area contributed by atoms with Gasteiger partial charge in [0.05, 0.1) is 11.1 Å². The number of alkyl halides is 3. The number of phenolic OH excluding ortho intramolecular Hbond substituents is 1. The minimum Gasteiger partial charge on any atom is -0.507 e. The number of carbonyl (C=O) groups is 1. The van der Waals surface area contributed by atoms with Crippen LogP contribution in [0.15, 0.2) is 121 Å². The van der Waals surface area contributed by atoms with Crippen LogP contribution in [-0.4, -0.2) is 11.0 Å². The third kappa shape index (κ3) is 4.92. The molecular formula is C34H25F3N2O3. The van der Waals surface area contributed by atoms with Gasteiger partial charge in [-0.05, 0) is 52.2 Å². The summed E-state index contributed by atoms with van der Waals surface area (Å²) in [5.74, 6) is -0.487. The van der Waals surface area contributed by atoms with Crippen LogP contribution in [0.3, 0.4) is 0 Å². The maximum Gasteiger partial charge on any atom is 0.416 e. The van der Waals surface area contributed by atoms with Gasteiger partial charge in [-0.1, -0.05) is 84.9 Å². The summed E-state index contributed by atoms with van der Waals surface area (Å²) in [6.07, 6.45) is -4.50. The fourth-order valence-corrected chi connectivity index (χ4v) is 5.19. The van der Waals surface area contributed by atoms with Crippen LogP contribution in [0.25, 0.3) is 27.6 Å². The van der Waals surface area contributed by atoms with Gasteiger partial charge in [0.25, 0.3) is 0 Å². The van der Waals surface area contributed by atoms with E-state index in [2.05, 4.69) is 34.9 Å². The van der Waals surface area contributed by atoms with Crippen LogP contribution in [0.1, 0.15) is 29.2 Å². The van der Waals surface area contributed by atoms with Crippen LogP contribution in [0.5, 0.6) is 5.75 Å². The van der Waals surface area contributed by atoms with E-state index in [1.165, 1.54) is 25.1 Å². The highest BCUT2D eigenvalue weighted by molar-refractivity contribution is 5.87. The maximum absolute atomic E-state index is 13.3. The topological polar surface area (TPSA) is 70.6 Å². The number of ether oxygens (including phenoxy) is 1. The summed E-state index contributed by atoms with van der Waals surface area (Å²) >= 11 is 0. The minimum atomic E-state index is -4.50. The Hall–Kier alpha value is -5.24. The predicted molar refractivity (Wildman–Crippen MR) is 155 cm³/mol. The van der Waals surface area contributed by atoms with Crippen LogP contribution < -0.4 is 10.6 Å². The lowest BCUT2D eigenvalue weighted by atomic mass is 9.91. The molecule has 5 aromatic rings. The Labute approximate surface area is 239 Å². The summed E-state index contributed by atoms with van der Waals surface area (Å²) < 4.78 is 46.2. The molecule has 0 aliphatic carbocycles. The molecule has 0 saturated heterocycles. The van der Waals surface area contributed by atoms with E-state index in [9.17, 15) is 23.1 Å². The molecule has 210 valence electrons. The second-order valence-corrected chi connectivity index (χ2v) is 10.0. The van der Waals surface area contributed by atoms with Gasteiger partial charge in [-0.3, -0.25) is 10.1 Å². The molecule has 1 aliphatic heterocycles. The van der Waals surface area contributed by atoms with Gasteiger partial charge in [0, 0.05) is 18.1 Å². The smallest absolute Gasteiger partial charge is 0.416 e. The monoisotopic (exact) mass is 566 g/mol. The van der Waals surface area contributed by atoms with Crippen molar-refractivity contribution in [2.45, 2.75) is 18.8 Å². The van der Waals surface area contributed by atoms with Gasteiger partial charge in [-0.25, -0.2) is 0 Å². The molecule has 1 heterocycles. The van der Waals surface area contributed by atoms with Crippen molar-refractivity contribution >= 4 is 22.4 Å². The lowest BCUT2D eigenvalue weighted by molar-refractivity contribution is -0.137. The molecule has 6 rings (SSSR count). The third-order valence-corrected chi connectivity index (χ3v) is 7.23. The fraction of sp³-hybridized carbons (Fsp3) is 0.0882. The molecule has 0 bridgehead atoms. The van der Waals surface area contributed by atoms with Crippen LogP contribution in [0, 0.1) is 0 Å². The first kappa shape index (κ1) is 27.0. The SMILES string of the molecule is CC(=O)NC1=C(c2ccc(C(F)(F)F)cc2)NC(c2ccc(-c3ccc4ccccc4c3)cc2)(c2ccccc2O)O1. The van der Waals surface area contributed by atoms with Gasteiger partial charge in [0.2, 0.25) is 17.5 Å². The Morgan fingerprint density at radius 3 is 2.07 bits per heavy atom. The zero-order valence-electron chi connectivity index (χ0n) is 22.4. The highest BCUT2D eigenvalue weighted by atomic mass is 19.4. The first-order valence-electron chi connectivity index (χ1n) is 13.2. The molecule has 0 fully saturated rings. The number of halogens is 3. The van der Waals surface area contributed by atoms with E-state index in [-0.39, 0.29) is 17.3 Å². The van der Waals surface area contributed by atoms with Crippen molar-refractivity contribution < 1.29 is 27.8 Å². The molecule has 1 atom stereocenters. The number of fused-ring (bicyclic) bond motifs is 1. The van der Waals surface area contributed by atoms with Crippen molar-refractivity contribution in [1.82, 2.24) is 10.6 Å². The van der Waals surface area contributed by atoms with Crippen molar-refractivity contribution in [3.05, 3.63) is 143 Å². The number of hydrogen-bond donors (Lipinski definition) is 3. The molecule has 0 aromatic heterocycles. The molecule has 0 spiro atoms. The standard InChI is InChI=1S/C34H25F3N2O3/c1-21(40)38-32-31(24-14-18-28(19-15-24)34(35,36)37)39-33(42-32,29-8-4-5-9-30(29)41)27-16-12-23(13-17-27)26-11-10-22-6-2-3-7-25(22)20-26/h2-20,39,41H,1H3,(H,38,40). The van der Waals surface area contributed by atoms with E-state index in [1.807, 2.05) is 42.5 Å². The first-order chi connectivity index (χ1) is 20.1. The highest BCUT2D eigenvalue weighted by Crippen LogP contribution is 2.45. The number of benzene rings is 5. The van der Waals surface area contributed by atoms with Gasteiger partial charge < -0.3 is 15.2 Å². The largest absolute Gasteiger partial charge is 0.507 e. The van der Waals surface area contributed by atoms with Gasteiger partial charge in [-0.2, -0.15) is 13.2 Å². The molecule has 8 heteroatoms. The number of amides is 1. The van der Waals surface area contributed by atoms with Crippen molar-refractivity contribution in [3.8, 4) is 16.9 Å². The number of phenols is 1.